The number of amides is 2. The van der Waals surface area contributed by atoms with Crippen LogP contribution in [0.1, 0.15) is 61.3 Å². The van der Waals surface area contributed by atoms with Crippen molar-refractivity contribution < 1.29 is 9.59 Å². The maximum atomic E-state index is 12.5. The molecule has 0 aromatic carbocycles. The van der Waals surface area contributed by atoms with E-state index in [2.05, 4.69) is 20.8 Å². The highest BCUT2D eigenvalue weighted by Gasteiger charge is 2.49. The number of hydrogen-bond acceptors (Lipinski definition) is 2. The molecule has 106 valence electrons. The number of imide groups is 1. The van der Waals surface area contributed by atoms with E-state index in [1.807, 2.05) is 20.8 Å². The van der Waals surface area contributed by atoms with Gasteiger partial charge in [0.1, 0.15) is 7.85 Å². The Morgan fingerprint density at radius 3 is 1.89 bits per heavy atom. The van der Waals surface area contributed by atoms with Gasteiger partial charge in [0, 0.05) is 11.9 Å². The molecule has 1 heterocycles. The minimum Gasteiger partial charge on any atom is -0.286 e. The van der Waals surface area contributed by atoms with Crippen molar-refractivity contribution in [1.82, 2.24) is 4.90 Å². The van der Waals surface area contributed by atoms with Gasteiger partial charge in [0.25, 0.3) is 0 Å². The topological polar surface area (TPSA) is 37.4 Å². The minimum absolute atomic E-state index is 0.0378. The predicted molar refractivity (Wildman–Crippen MR) is 77.6 cm³/mol. The Kier molecular flexibility index (Phi) is 3.97. The van der Waals surface area contributed by atoms with Crippen LogP contribution in [0.25, 0.3) is 0 Å². The molecular weight excluding hydrogens is 237 g/mol. The second-order valence-corrected chi connectivity index (χ2v) is 8.28. The summed E-state index contributed by atoms with van der Waals surface area (Å²) in [5.74, 6) is -0.520. The van der Waals surface area contributed by atoms with E-state index >= 15 is 0 Å². The number of carbonyl (C=O) groups is 2. The van der Waals surface area contributed by atoms with Gasteiger partial charge < -0.3 is 0 Å². The second-order valence-electron chi connectivity index (χ2n) is 8.28. The van der Waals surface area contributed by atoms with E-state index in [0.717, 1.165) is 0 Å². The number of nitrogens with zero attached hydrogens (tertiary/aromatic N) is 1. The molecular formula is C15H26BNO2. The monoisotopic (exact) mass is 263 g/mol. The minimum atomic E-state index is -0.910. The van der Waals surface area contributed by atoms with Crippen LogP contribution in [0.3, 0.4) is 0 Å². The van der Waals surface area contributed by atoms with Crippen molar-refractivity contribution in [2.24, 2.45) is 16.7 Å². The van der Waals surface area contributed by atoms with E-state index in [4.69, 9.17) is 7.85 Å². The van der Waals surface area contributed by atoms with Crippen LogP contribution in [-0.2, 0) is 9.59 Å². The maximum Gasteiger partial charge on any atom is 0.233 e. The van der Waals surface area contributed by atoms with E-state index in [1.54, 1.807) is 6.92 Å². The first-order valence-corrected chi connectivity index (χ1v) is 6.91. The van der Waals surface area contributed by atoms with Crippen LogP contribution in [-0.4, -0.2) is 30.0 Å². The summed E-state index contributed by atoms with van der Waals surface area (Å²) >= 11 is 0. The first kappa shape index (κ1) is 16.3. The summed E-state index contributed by atoms with van der Waals surface area (Å²) in [5.41, 5.74) is -1.16. The van der Waals surface area contributed by atoms with Gasteiger partial charge in [-0.2, -0.15) is 0 Å². The number of likely N-dealkylation sites (tertiary alicyclic amines) is 1. The lowest BCUT2D eigenvalue weighted by molar-refractivity contribution is -0.144. The molecule has 19 heavy (non-hydrogen) atoms. The van der Waals surface area contributed by atoms with Crippen LogP contribution in [0.5, 0.6) is 0 Å². The van der Waals surface area contributed by atoms with E-state index in [9.17, 15) is 9.59 Å². The zero-order chi connectivity index (χ0) is 15.2. The lowest BCUT2D eigenvalue weighted by atomic mass is 9.68. The molecule has 0 bridgehead atoms. The largest absolute Gasteiger partial charge is 0.286 e. The quantitative estimate of drug-likeness (QED) is 0.567. The molecule has 1 rings (SSSR count). The van der Waals surface area contributed by atoms with Gasteiger partial charge in [-0.15, -0.1) is 0 Å². The van der Waals surface area contributed by atoms with Crippen LogP contribution in [0.4, 0.5) is 0 Å². The molecule has 1 aliphatic heterocycles. The van der Waals surface area contributed by atoms with Crippen molar-refractivity contribution in [1.29, 1.82) is 0 Å². The molecule has 2 radical (unpaired) electrons. The number of rotatable bonds is 2. The fraction of sp³-hybridized carbons (Fsp3) is 0.867. The van der Waals surface area contributed by atoms with Crippen LogP contribution in [0, 0.1) is 16.7 Å². The fourth-order valence-corrected chi connectivity index (χ4v) is 3.00. The van der Waals surface area contributed by atoms with Gasteiger partial charge in [0.2, 0.25) is 11.8 Å². The normalized spacial score (nSPS) is 24.8. The Labute approximate surface area is 118 Å². The van der Waals surface area contributed by atoms with Gasteiger partial charge in [-0.05, 0) is 24.2 Å². The summed E-state index contributed by atoms with van der Waals surface area (Å²) in [6.45, 7) is 13.9. The molecule has 1 saturated heterocycles. The summed E-state index contributed by atoms with van der Waals surface area (Å²) in [4.78, 5) is 26.0. The molecule has 2 unspecified atom stereocenters. The van der Waals surface area contributed by atoms with Crippen LogP contribution in [0.2, 0.25) is 0 Å². The van der Waals surface area contributed by atoms with Crippen molar-refractivity contribution >= 4 is 19.7 Å². The molecule has 0 aliphatic carbocycles. The first-order chi connectivity index (χ1) is 8.26. The van der Waals surface area contributed by atoms with Crippen LogP contribution in [0.15, 0.2) is 0 Å². The van der Waals surface area contributed by atoms with Gasteiger partial charge in [0.05, 0.1) is 5.92 Å². The third kappa shape index (κ3) is 3.61. The highest BCUT2D eigenvalue weighted by Crippen LogP contribution is 2.40. The average molecular weight is 263 g/mol. The van der Waals surface area contributed by atoms with Gasteiger partial charge in [0.15, 0.2) is 0 Å². The Bertz CT molecular complexity index is 388. The van der Waals surface area contributed by atoms with Crippen LogP contribution >= 0.6 is 0 Å². The van der Waals surface area contributed by atoms with E-state index < -0.39 is 5.44 Å². The molecule has 1 fully saturated rings. The summed E-state index contributed by atoms with van der Waals surface area (Å²) in [7, 11) is 6.28. The smallest absolute Gasteiger partial charge is 0.233 e. The summed E-state index contributed by atoms with van der Waals surface area (Å²) < 4.78 is 0. The van der Waals surface area contributed by atoms with Gasteiger partial charge in [-0.3, -0.25) is 14.5 Å². The van der Waals surface area contributed by atoms with Gasteiger partial charge in [-0.1, -0.05) is 41.5 Å². The Morgan fingerprint density at radius 1 is 1.11 bits per heavy atom. The summed E-state index contributed by atoms with van der Waals surface area (Å²) in [6.07, 6.45) is 0.869. The van der Waals surface area contributed by atoms with E-state index in [0.29, 0.717) is 6.42 Å². The van der Waals surface area contributed by atoms with Crippen molar-refractivity contribution in [2.75, 3.05) is 0 Å². The molecule has 4 heteroatoms. The highest BCUT2D eigenvalue weighted by molar-refractivity contribution is 6.20. The molecule has 1 aliphatic rings. The third-order valence-corrected chi connectivity index (χ3v) is 3.59. The Morgan fingerprint density at radius 2 is 1.58 bits per heavy atom. The zero-order valence-electron chi connectivity index (χ0n) is 13.3. The molecule has 3 nitrogen and oxygen atoms in total. The summed E-state index contributed by atoms with van der Waals surface area (Å²) in [6, 6.07) is 0. The van der Waals surface area contributed by atoms with Gasteiger partial charge in [-0.25, -0.2) is 0 Å². The Hall–Kier alpha value is -0.795. The lowest BCUT2D eigenvalue weighted by Gasteiger charge is -2.40. The lowest BCUT2D eigenvalue weighted by Crippen LogP contribution is -2.52. The zero-order valence-corrected chi connectivity index (χ0v) is 13.3. The SMILES string of the molecule is [B]C(C)(CC(C)(C)C)N1C(=O)CC(C(C)(C)C)C1=O. The molecule has 0 aromatic heterocycles. The number of carbonyl (C=O) groups excluding carboxylic acids is 2. The predicted octanol–water partition coefficient (Wildman–Crippen LogP) is 2.73. The van der Waals surface area contributed by atoms with Crippen molar-refractivity contribution in [3.05, 3.63) is 0 Å². The first-order valence-electron chi connectivity index (χ1n) is 6.91. The highest BCUT2D eigenvalue weighted by atomic mass is 16.2. The van der Waals surface area contributed by atoms with E-state index in [-0.39, 0.29) is 35.0 Å². The second kappa shape index (κ2) is 4.64. The summed E-state index contributed by atoms with van der Waals surface area (Å²) in [5, 5.41) is 0. The molecule has 2 atom stereocenters. The average Bonchev–Trinajstić information content (AvgIpc) is 2.36. The molecule has 0 N–H and O–H groups in total. The standard InChI is InChI=1S/C15H26BNO2/c1-13(2,3)9-15(7,16)17-11(18)8-10(12(17)19)14(4,5)6/h10H,8-9H2,1-7H3. The molecule has 2 amide bonds. The maximum absolute atomic E-state index is 12.5. The Balaban J connectivity index is 3.02. The van der Waals surface area contributed by atoms with Crippen molar-refractivity contribution in [3.63, 3.8) is 0 Å². The molecule has 0 spiro atoms. The van der Waals surface area contributed by atoms with Gasteiger partial charge >= 0.3 is 0 Å². The third-order valence-electron chi connectivity index (χ3n) is 3.59. The molecule has 0 aromatic rings. The number of hydrogen-bond donors (Lipinski definition) is 0. The molecule has 0 saturated carbocycles. The van der Waals surface area contributed by atoms with E-state index in [1.165, 1.54) is 4.90 Å². The van der Waals surface area contributed by atoms with Crippen molar-refractivity contribution in [2.45, 2.75) is 66.7 Å². The fourth-order valence-electron chi connectivity index (χ4n) is 3.00. The van der Waals surface area contributed by atoms with Crippen LogP contribution < -0.4 is 0 Å². The van der Waals surface area contributed by atoms with Crippen molar-refractivity contribution in [3.8, 4) is 0 Å².